The molecule has 3 heteroatoms. The fourth-order valence-electron chi connectivity index (χ4n) is 1.12. The predicted molar refractivity (Wildman–Crippen MR) is 61.9 cm³/mol. The molecule has 0 saturated heterocycles. The average molecular weight is 220 g/mol. The molecule has 2 N–H and O–H groups in total. The summed E-state index contributed by atoms with van der Waals surface area (Å²) in [4.78, 5) is 0. The Morgan fingerprint density at radius 1 is 1.25 bits per heavy atom. The highest BCUT2D eigenvalue weighted by atomic mass is 16.5. The van der Waals surface area contributed by atoms with Gasteiger partial charge < -0.3 is 14.9 Å². The van der Waals surface area contributed by atoms with Gasteiger partial charge in [0.05, 0.1) is 6.61 Å². The smallest absolute Gasteiger partial charge is 0.217 e. The molecule has 0 aliphatic rings. The standard InChI is InChI=1S/C13H16O3/c1-2-3-10-16-12-7-4-11(5-8-12)6-9-13(14)15/h4-5,7-8,13-15H,2-3,10H2,1H3. The van der Waals surface area contributed by atoms with E-state index in [1.807, 2.05) is 12.1 Å². The maximum Gasteiger partial charge on any atom is 0.217 e. The Kier molecular flexibility index (Phi) is 5.41. The predicted octanol–water partition coefficient (Wildman–Crippen LogP) is 1.53. The summed E-state index contributed by atoms with van der Waals surface area (Å²) in [6.45, 7) is 2.83. The largest absolute Gasteiger partial charge is 0.494 e. The van der Waals surface area contributed by atoms with Gasteiger partial charge in [-0.25, -0.2) is 0 Å². The number of hydrogen-bond acceptors (Lipinski definition) is 3. The molecule has 1 rings (SSSR count). The second kappa shape index (κ2) is 6.89. The lowest BCUT2D eigenvalue weighted by Crippen LogP contribution is -1.98. The van der Waals surface area contributed by atoms with Crippen molar-refractivity contribution in [2.45, 2.75) is 26.1 Å². The fourth-order valence-corrected chi connectivity index (χ4v) is 1.12. The van der Waals surface area contributed by atoms with Gasteiger partial charge in [0.25, 0.3) is 0 Å². The highest BCUT2D eigenvalue weighted by Gasteiger charge is 1.93. The van der Waals surface area contributed by atoms with Crippen molar-refractivity contribution in [2.24, 2.45) is 0 Å². The molecule has 86 valence electrons. The van der Waals surface area contributed by atoms with Crippen LogP contribution in [-0.4, -0.2) is 23.1 Å². The van der Waals surface area contributed by atoms with Crippen LogP contribution in [0.3, 0.4) is 0 Å². The van der Waals surface area contributed by atoms with Gasteiger partial charge in [0.15, 0.2) is 0 Å². The molecule has 16 heavy (non-hydrogen) atoms. The van der Waals surface area contributed by atoms with Crippen molar-refractivity contribution in [1.29, 1.82) is 0 Å². The molecule has 0 amide bonds. The van der Waals surface area contributed by atoms with Crippen LogP contribution in [0.1, 0.15) is 25.3 Å². The van der Waals surface area contributed by atoms with E-state index in [0.717, 1.165) is 30.8 Å². The Balaban J connectivity index is 2.52. The molecular formula is C13H16O3. The molecule has 0 aliphatic heterocycles. The second-order valence-electron chi connectivity index (χ2n) is 3.37. The van der Waals surface area contributed by atoms with Crippen molar-refractivity contribution in [3.05, 3.63) is 29.8 Å². The van der Waals surface area contributed by atoms with Crippen LogP contribution in [-0.2, 0) is 0 Å². The number of ether oxygens (including phenoxy) is 1. The van der Waals surface area contributed by atoms with E-state index in [-0.39, 0.29) is 0 Å². The zero-order valence-electron chi connectivity index (χ0n) is 9.31. The van der Waals surface area contributed by atoms with Crippen LogP contribution in [0.5, 0.6) is 5.75 Å². The molecule has 0 spiro atoms. The van der Waals surface area contributed by atoms with Crippen LogP contribution in [0.15, 0.2) is 24.3 Å². The lowest BCUT2D eigenvalue weighted by atomic mass is 10.2. The molecule has 0 atom stereocenters. The maximum absolute atomic E-state index is 8.57. The second-order valence-corrected chi connectivity index (χ2v) is 3.37. The molecular weight excluding hydrogens is 204 g/mol. The first kappa shape index (κ1) is 12.6. The quantitative estimate of drug-likeness (QED) is 0.459. The van der Waals surface area contributed by atoms with Crippen molar-refractivity contribution in [1.82, 2.24) is 0 Å². The highest BCUT2D eigenvalue weighted by molar-refractivity contribution is 5.38. The van der Waals surface area contributed by atoms with Crippen molar-refractivity contribution in [3.8, 4) is 17.6 Å². The Morgan fingerprint density at radius 2 is 1.94 bits per heavy atom. The number of aliphatic hydroxyl groups is 2. The Hall–Kier alpha value is -1.50. The van der Waals surface area contributed by atoms with E-state index in [0.29, 0.717) is 0 Å². The molecule has 0 aliphatic carbocycles. The van der Waals surface area contributed by atoms with Crippen molar-refractivity contribution in [2.75, 3.05) is 6.61 Å². The Labute approximate surface area is 95.7 Å². The first-order chi connectivity index (χ1) is 7.72. The summed E-state index contributed by atoms with van der Waals surface area (Å²) >= 11 is 0. The van der Waals surface area contributed by atoms with Crippen LogP contribution < -0.4 is 4.74 Å². The van der Waals surface area contributed by atoms with Crippen molar-refractivity contribution < 1.29 is 14.9 Å². The average Bonchev–Trinajstić information content (AvgIpc) is 2.28. The minimum Gasteiger partial charge on any atom is -0.494 e. The van der Waals surface area contributed by atoms with Gasteiger partial charge in [0.1, 0.15) is 5.75 Å². The molecule has 3 nitrogen and oxygen atoms in total. The maximum atomic E-state index is 8.57. The zero-order valence-corrected chi connectivity index (χ0v) is 9.31. The van der Waals surface area contributed by atoms with Gasteiger partial charge in [-0.2, -0.15) is 0 Å². The van der Waals surface area contributed by atoms with E-state index in [1.54, 1.807) is 12.1 Å². The number of hydrogen-bond donors (Lipinski definition) is 2. The van der Waals surface area contributed by atoms with E-state index in [1.165, 1.54) is 0 Å². The first-order valence-electron chi connectivity index (χ1n) is 5.33. The van der Waals surface area contributed by atoms with E-state index < -0.39 is 6.29 Å². The van der Waals surface area contributed by atoms with Crippen LogP contribution in [0, 0.1) is 11.8 Å². The molecule has 1 aromatic carbocycles. The van der Waals surface area contributed by atoms with Gasteiger partial charge in [-0.1, -0.05) is 19.3 Å². The van der Waals surface area contributed by atoms with Gasteiger partial charge >= 0.3 is 0 Å². The fraction of sp³-hybridized carbons (Fsp3) is 0.385. The molecule has 0 radical (unpaired) electrons. The molecule has 0 saturated carbocycles. The third kappa shape index (κ3) is 4.83. The minimum atomic E-state index is -1.58. The lowest BCUT2D eigenvalue weighted by molar-refractivity contribution is 0.0108. The molecule has 0 unspecified atom stereocenters. The summed E-state index contributed by atoms with van der Waals surface area (Å²) in [5.41, 5.74) is 0.732. The number of aliphatic hydroxyl groups excluding tert-OH is 1. The molecule has 0 aromatic heterocycles. The third-order valence-electron chi connectivity index (χ3n) is 1.97. The van der Waals surface area contributed by atoms with Gasteiger partial charge in [0, 0.05) is 5.56 Å². The number of rotatable bonds is 4. The lowest BCUT2D eigenvalue weighted by Gasteiger charge is -2.04. The Bertz CT molecular complexity index is 357. The van der Waals surface area contributed by atoms with Gasteiger partial charge in [-0.05, 0) is 36.6 Å². The van der Waals surface area contributed by atoms with E-state index in [4.69, 9.17) is 14.9 Å². The van der Waals surface area contributed by atoms with E-state index in [2.05, 4.69) is 18.8 Å². The van der Waals surface area contributed by atoms with Crippen LogP contribution in [0.4, 0.5) is 0 Å². The Morgan fingerprint density at radius 3 is 2.50 bits per heavy atom. The summed E-state index contributed by atoms with van der Waals surface area (Å²) in [7, 11) is 0. The van der Waals surface area contributed by atoms with Crippen molar-refractivity contribution in [3.63, 3.8) is 0 Å². The normalized spacial score (nSPS) is 9.75. The van der Waals surface area contributed by atoms with Gasteiger partial charge in [-0.15, -0.1) is 0 Å². The number of unbranched alkanes of at least 4 members (excludes halogenated alkanes) is 1. The van der Waals surface area contributed by atoms with Crippen molar-refractivity contribution >= 4 is 0 Å². The van der Waals surface area contributed by atoms with Crippen LogP contribution in [0.25, 0.3) is 0 Å². The van der Waals surface area contributed by atoms with Gasteiger partial charge in [-0.3, -0.25) is 0 Å². The molecule has 0 fully saturated rings. The molecule has 0 bridgehead atoms. The summed E-state index contributed by atoms with van der Waals surface area (Å²) in [5.74, 6) is 5.70. The van der Waals surface area contributed by atoms with Gasteiger partial charge in [0.2, 0.25) is 6.29 Å². The van der Waals surface area contributed by atoms with E-state index in [9.17, 15) is 0 Å². The summed E-state index contributed by atoms with van der Waals surface area (Å²) < 4.78 is 5.48. The SMILES string of the molecule is CCCCOc1ccc(C#CC(O)O)cc1. The zero-order chi connectivity index (χ0) is 11.8. The first-order valence-corrected chi connectivity index (χ1v) is 5.33. The van der Waals surface area contributed by atoms with Crippen LogP contribution in [0.2, 0.25) is 0 Å². The highest BCUT2D eigenvalue weighted by Crippen LogP contribution is 2.11. The van der Waals surface area contributed by atoms with Crippen LogP contribution >= 0.6 is 0 Å². The molecule has 0 heterocycles. The monoisotopic (exact) mass is 220 g/mol. The number of benzene rings is 1. The minimum absolute atomic E-state index is 0.719. The summed E-state index contributed by atoms with van der Waals surface area (Å²) in [6.07, 6.45) is 0.566. The topological polar surface area (TPSA) is 49.7 Å². The molecule has 1 aromatic rings. The van der Waals surface area contributed by atoms with E-state index >= 15 is 0 Å². The summed E-state index contributed by atoms with van der Waals surface area (Å²) in [6, 6.07) is 7.22. The third-order valence-corrected chi connectivity index (χ3v) is 1.97. The summed E-state index contributed by atoms with van der Waals surface area (Å²) in [5, 5.41) is 17.1.